The zero-order valence-electron chi connectivity index (χ0n) is 8.25. The number of aliphatic hydroxyl groups excluding tert-OH is 1. The maximum atomic E-state index is 9.70. The van der Waals surface area contributed by atoms with Crippen molar-refractivity contribution in [3.8, 4) is 0 Å². The van der Waals surface area contributed by atoms with Crippen LogP contribution < -0.4 is 0 Å². The lowest BCUT2D eigenvalue weighted by molar-refractivity contribution is -0.0327. The molecule has 0 aliphatic rings. The average Bonchev–Trinajstić information content (AvgIpc) is 2.04. The fourth-order valence-electron chi connectivity index (χ4n) is 0.879. The van der Waals surface area contributed by atoms with Gasteiger partial charge in [-0.25, -0.2) is 9.79 Å². The molecule has 4 nitrogen and oxygen atoms in total. The normalized spacial score (nSPS) is 11.0. The molecule has 0 aromatic heterocycles. The van der Waals surface area contributed by atoms with Crippen molar-refractivity contribution in [2.24, 2.45) is 4.99 Å². The van der Waals surface area contributed by atoms with Gasteiger partial charge in [0.2, 0.25) is 6.08 Å². The number of rotatable bonds is 7. The van der Waals surface area contributed by atoms with E-state index in [2.05, 4.69) is 4.99 Å². The van der Waals surface area contributed by atoms with Gasteiger partial charge in [0.25, 0.3) is 0 Å². The molecule has 0 aromatic rings. The highest BCUT2D eigenvalue weighted by molar-refractivity contribution is 5.32. The van der Waals surface area contributed by atoms with Gasteiger partial charge in [0.1, 0.15) is 0 Å². The molecule has 0 spiro atoms. The smallest absolute Gasteiger partial charge is 0.234 e. The molecule has 0 rings (SSSR count). The fourth-order valence-corrected chi connectivity index (χ4v) is 0.879. The Hall–Kier alpha value is -0.700. The van der Waals surface area contributed by atoms with E-state index in [0.29, 0.717) is 26.0 Å². The van der Waals surface area contributed by atoms with Gasteiger partial charge >= 0.3 is 0 Å². The van der Waals surface area contributed by atoms with E-state index in [1.807, 2.05) is 13.8 Å². The number of nitrogens with zero attached hydrogens (tertiary/aromatic N) is 1. The molecule has 0 heterocycles. The molecule has 0 aromatic carbocycles. The van der Waals surface area contributed by atoms with Crippen LogP contribution in [-0.4, -0.2) is 36.5 Å². The Morgan fingerprint density at radius 1 is 1.54 bits per heavy atom. The Bertz CT molecular complexity index is 174. The number of hydrogen-bond acceptors (Lipinski definition) is 4. The molecule has 0 saturated carbocycles. The predicted molar refractivity (Wildman–Crippen MR) is 49.3 cm³/mol. The number of isocyanates is 1. The van der Waals surface area contributed by atoms with Crippen LogP contribution in [0.1, 0.15) is 26.7 Å². The molecule has 0 aliphatic heterocycles. The molecule has 13 heavy (non-hydrogen) atoms. The van der Waals surface area contributed by atoms with Gasteiger partial charge < -0.3 is 9.84 Å². The second kappa shape index (κ2) is 6.78. The Kier molecular flexibility index (Phi) is 6.41. The SMILES string of the molecule is CC(C)(CCO)OCCCN=C=O. The zero-order chi connectivity index (χ0) is 10.2. The largest absolute Gasteiger partial charge is 0.396 e. The molecule has 0 saturated heterocycles. The van der Waals surface area contributed by atoms with E-state index in [-0.39, 0.29) is 12.2 Å². The van der Waals surface area contributed by atoms with E-state index < -0.39 is 0 Å². The van der Waals surface area contributed by atoms with Gasteiger partial charge in [-0.3, -0.25) is 0 Å². The van der Waals surface area contributed by atoms with Crippen LogP contribution in [0.4, 0.5) is 0 Å². The molecular weight excluding hydrogens is 170 g/mol. The molecule has 0 unspecified atom stereocenters. The van der Waals surface area contributed by atoms with Crippen molar-refractivity contribution in [2.75, 3.05) is 19.8 Å². The second-order valence-electron chi connectivity index (χ2n) is 3.41. The third kappa shape index (κ3) is 7.65. The summed E-state index contributed by atoms with van der Waals surface area (Å²) in [5.74, 6) is 0. The lowest BCUT2D eigenvalue weighted by atomic mass is 10.1. The Balaban J connectivity index is 3.45. The van der Waals surface area contributed by atoms with Crippen molar-refractivity contribution >= 4 is 6.08 Å². The highest BCUT2D eigenvalue weighted by Gasteiger charge is 2.16. The van der Waals surface area contributed by atoms with Crippen molar-refractivity contribution in [1.29, 1.82) is 0 Å². The molecular formula is C9H17NO3. The van der Waals surface area contributed by atoms with Crippen LogP contribution in [0.3, 0.4) is 0 Å². The summed E-state index contributed by atoms with van der Waals surface area (Å²) in [6, 6.07) is 0. The summed E-state index contributed by atoms with van der Waals surface area (Å²) in [6.45, 7) is 4.98. The van der Waals surface area contributed by atoms with Gasteiger partial charge in [-0.2, -0.15) is 0 Å². The number of hydrogen-bond donors (Lipinski definition) is 1. The van der Waals surface area contributed by atoms with Crippen molar-refractivity contribution in [2.45, 2.75) is 32.3 Å². The summed E-state index contributed by atoms with van der Waals surface area (Å²) in [5.41, 5.74) is -0.292. The van der Waals surface area contributed by atoms with Crippen LogP contribution in [-0.2, 0) is 9.53 Å². The first kappa shape index (κ1) is 12.3. The van der Waals surface area contributed by atoms with E-state index in [0.717, 1.165) is 0 Å². The first-order chi connectivity index (χ1) is 6.12. The zero-order valence-corrected chi connectivity index (χ0v) is 8.25. The monoisotopic (exact) mass is 187 g/mol. The maximum Gasteiger partial charge on any atom is 0.234 e. The van der Waals surface area contributed by atoms with Crippen molar-refractivity contribution < 1.29 is 14.6 Å². The van der Waals surface area contributed by atoms with E-state index in [9.17, 15) is 4.79 Å². The minimum atomic E-state index is -0.292. The van der Waals surface area contributed by atoms with Crippen LogP contribution in [0.25, 0.3) is 0 Å². The Labute approximate surface area is 78.6 Å². The standard InChI is InChI=1S/C9H17NO3/c1-9(2,4-6-11)13-7-3-5-10-8-12/h11H,3-7H2,1-2H3. The minimum absolute atomic E-state index is 0.124. The molecule has 0 atom stereocenters. The Morgan fingerprint density at radius 3 is 2.77 bits per heavy atom. The molecule has 0 radical (unpaired) electrons. The predicted octanol–water partition coefficient (Wildman–Crippen LogP) is 0.890. The third-order valence-corrected chi connectivity index (χ3v) is 1.69. The molecule has 0 aliphatic carbocycles. The topological polar surface area (TPSA) is 58.9 Å². The lowest BCUT2D eigenvalue weighted by Crippen LogP contribution is -2.26. The van der Waals surface area contributed by atoms with Crippen molar-refractivity contribution in [1.82, 2.24) is 0 Å². The summed E-state index contributed by atoms with van der Waals surface area (Å²) in [4.78, 5) is 13.1. The van der Waals surface area contributed by atoms with E-state index in [1.165, 1.54) is 6.08 Å². The van der Waals surface area contributed by atoms with E-state index >= 15 is 0 Å². The summed E-state index contributed by atoms with van der Waals surface area (Å²) >= 11 is 0. The van der Waals surface area contributed by atoms with Gasteiger partial charge in [-0.05, 0) is 26.7 Å². The quantitative estimate of drug-likeness (QED) is 0.366. The first-order valence-corrected chi connectivity index (χ1v) is 4.41. The van der Waals surface area contributed by atoms with Crippen LogP contribution in [0.15, 0.2) is 4.99 Å². The molecule has 1 N–H and O–H groups in total. The molecule has 0 fully saturated rings. The number of aliphatic imine (C=N–C) groups is 1. The molecule has 0 bridgehead atoms. The Morgan fingerprint density at radius 2 is 2.23 bits per heavy atom. The summed E-state index contributed by atoms with van der Waals surface area (Å²) < 4.78 is 5.47. The summed E-state index contributed by atoms with van der Waals surface area (Å²) in [6.07, 6.45) is 2.80. The summed E-state index contributed by atoms with van der Waals surface area (Å²) in [7, 11) is 0. The molecule has 4 heteroatoms. The van der Waals surface area contributed by atoms with Gasteiger partial charge in [0, 0.05) is 13.2 Å². The summed E-state index contributed by atoms with van der Waals surface area (Å²) in [5, 5.41) is 8.69. The average molecular weight is 187 g/mol. The van der Waals surface area contributed by atoms with Crippen molar-refractivity contribution in [3.05, 3.63) is 0 Å². The molecule has 0 amide bonds. The third-order valence-electron chi connectivity index (χ3n) is 1.69. The van der Waals surface area contributed by atoms with Crippen molar-refractivity contribution in [3.63, 3.8) is 0 Å². The van der Waals surface area contributed by atoms with Gasteiger partial charge in [0.05, 0.1) is 12.1 Å². The van der Waals surface area contributed by atoms with Gasteiger partial charge in [0.15, 0.2) is 0 Å². The minimum Gasteiger partial charge on any atom is -0.396 e. The number of aliphatic hydroxyl groups is 1. The van der Waals surface area contributed by atoms with Crippen LogP contribution in [0.2, 0.25) is 0 Å². The van der Waals surface area contributed by atoms with Gasteiger partial charge in [-0.1, -0.05) is 0 Å². The van der Waals surface area contributed by atoms with E-state index in [1.54, 1.807) is 0 Å². The highest BCUT2D eigenvalue weighted by atomic mass is 16.5. The van der Waals surface area contributed by atoms with Crippen LogP contribution in [0, 0.1) is 0 Å². The maximum absolute atomic E-state index is 9.70. The van der Waals surface area contributed by atoms with E-state index in [4.69, 9.17) is 9.84 Å². The second-order valence-corrected chi connectivity index (χ2v) is 3.41. The van der Waals surface area contributed by atoms with Gasteiger partial charge in [-0.15, -0.1) is 0 Å². The van der Waals surface area contributed by atoms with Crippen LogP contribution in [0.5, 0.6) is 0 Å². The highest BCUT2D eigenvalue weighted by Crippen LogP contribution is 2.13. The number of carbonyl (C=O) groups excluding carboxylic acids is 1. The number of ether oxygens (including phenoxy) is 1. The van der Waals surface area contributed by atoms with Crippen LogP contribution >= 0.6 is 0 Å². The molecule has 76 valence electrons. The first-order valence-electron chi connectivity index (χ1n) is 4.41. The lowest BCUT2D eigenvalue weighted by Gasteiger charge is -2.24. The fraction of sp³-hybridized carbons (Fsp3) is 0.889.